The number of alkyl halides is 6. The van der Waals surface area contributed by atoms with Gasteiger partial charge >= 0.3 is 24.5 Å². The van der Waals surface area contributed by atoms with E-state index in [0.29, 0.717) is 22.7 Å². The van der Waals surface area contributed by atoms with Gasteiger partial charge in [0, 0.05) is 25.0 Å². The van der Waals surface area contributed by atoms with E-state index in [9.17, 15) is 35.9 Å². The molecule has 0 spiro atoms. The quantitative estimate of drug-likeness (QED) is 0.332. The molecule has 1 aliphatic heterocycles. The van der Waals surface area contributed by atoms with Gasteiger partial charge in [-0.1, -0.05) is 29.3 Å². The fourth-order valence-corrected chi connectivity index (χ4v) is 5.27. The van der Waals surface area contributed by atoms with E-state index in [0.717, 1.165) is 0 Å². The Morgan fingerprint density at radius 2 is 1.52 bits per heavy atom. The zero-order valence-electron chi connectivity index (χ0n) is 22.9. The first kappa shape index (κ1) is 32.1. The van der Waals surface area contributed by atoms with Crippen LogP contribution in [0.5, 0.6) is 0 Å². The van der Waals surface area contributed by atoms with Crippen molar-refractivity contribution in [2.45, 2.75) is 75.5 Å². The summed E-state index contributed by atoms with van der Waals surface area (Å²) in [6.07, 6.45) is -9.96. The van der Waals surface area contributed by atoms with E-state index in [1.807, 2.05) is 0 Å². The molecule has 2 fully saturated rings. The Balaban J connectivity index is 1.56. The fourth-order valence-electron chi connectivity index (χ4n) is 4.96. The van der Waals surface area contributed by atoms with E-state index < -0.39 is 58.7 Å². The second kappa shape index (κ2) is 11.3. The van der Waals surface area contributed by atoms with Crippen LogP contribution in [0.15, 0.2) is 36.4 Å². The molecule has 2 N–H and O–H groups in total. The predicted molar refractivity (Wildman–Crippen MR) is 144 cm³/mol. The van der Waals surface area contributed by atoms with Crippen LogP contribution in [0.1, 0.15) is 68.2 Å². The first-order chi connectivity index (χ1) is 19.3. The molecule has 230 valence electrons. The Morgan fingerprint density at radius 3 is 2.02 bits per heavy atom. The summed E-state index contributed by atoms with van der Waals surface area (Å²) in [5, 5.41) is 5.99. The summed E-state index contributed by atoms with van der Waals surface area (Å²) < 4.78 is 86.1. The van der Waals surface area contributed by atoms with Crippen LogP contribution in [-0.2, 0) is 22.6 Å². The summed E-state index contributed by atoms with van der Waals surface area (Å²) in [6, 6.07) is 4.90. The molecular formula is C28H29Cl2F6N3O3. The minimum absolute atomic E-state index is 0.0555. The van der Waals surface area contributed by atoms with Gasteiger partial charge in [0.1, 0.15) is 5.60 Å². The minimum Gasteiger partial charge on any atom is -0.444 e. The third-order valence-corrected chi connectivity index (χ3v) is 7.93. The van der Waals surface area contributed by atoms with Crippen molar-refractivity contribution in [1.82, 2.24) is 15.5 Å². The number of carbonyl (C=O) groups is 2. The van der Waals surface area contributed by atoms with Gasteiger partial charge in [-0.15, -0.1) is 0 Å². The van der Waals surface area contributed by atoms with Gasteiger partial charge in [0.25, 0.3) is 0 Å². The van der Waals surface area contributed by atoms with Crippen molar-refractivity contribution < 1.29 is 40.7 Å². The molecule has 1 saturated carbocycles. The van der Waals surface area contributed by atoms with E-state index in [4.69, 9.17) is 27.9 Å². The second-order valence-corrected chi connectivity index (χ2v) is 12.4. The fraction of sp³-hybridized carbons (Fsp3) is 0.500. The smallest absolute Gasteiger partial charge is 0.416 e. The highest BCUT2D eigenvalue weighted by Gasteiger charge is 2.49. The number of benzene rings is 2. The van der Waals surface area contributed by atoms with Gasteiger partial charge in [0.2, 0.25) is 0 Å². The average Bonchev–Trinajstić information content (AvgIpc) is 3.64. The van der Waals surface area contributed by atoms with Crippen molar-refractivity contribution in [3.8, 4) is 0 Å². The van der Waals surface area contributed by atoms with Gasteiger partial charge in [0.15, 0.2) is 0 Å². The molecule has 2 aromatic rings. The van der Waals surface area contributed by atoms with E-state index in [1.54, 1.807) is 39.0 Å². The maximum absolute atomic E-state index is 13.4. The number of likely N-dealkylation sites (tertiary alicyclic amines) is 1. The molecule has 6 nitrogen and oxygen atoms in total. The molecule has 2 aromatic carbocycles. The number of halogens is 8. The summed E-state index contributed by atoms with van der Waals surface area (Å²) >= 11 is 12.3. The Morgan fingerprint density at radius 1 is 0.929 bits per heavy atom. The number of ether oxygens (including phenoxy) is 1. The molecule has 2 atom stereocenters. The maximum atomic E-state index is 13.4. The lowest BCUT2D eigenvalue weighted by Crippen LogP contribution is -2.54. The highest BCUT2D eigenvalue weighted by Crippen LogP contribution is 2.48. The molecule has 0 bridgehead atoms. The van der Waals surface area contributed by atoms with Crippen molar-refractivity contribution in [3.63, 3.8) is 0 Å². The van der Waals surface area contributed by atoms with Gasteiger partial charge in [-0.2, -0.15) is 26.3 Å². The number of hydrogen-bond acceptors (Lipinski definition) is 3. The molecule has 1 aliphatic carbocycles. The number of nitrogens with zero attached hydrogens (tertiary/aromatic N) is 1. The van der Waals surface area contributed by atoms with E-state index >= 15 is 0 Å². The molecule has 1 saturated heterocycles. The molecule has 0 aromatic heterocycles. The zero-order valence-corrected chi connectivity index (χ0v) is 24.4. The number of rotatable bonds is 4. The van der Waals surface area contributed by atoms with Gasteiger partial charge in [-0.05, 0) is 81.5 Å². The maximum Gasteiger partial charge on any atom is 0.416 e. The van der Waals surface area contributed by atoms with Crippen molar-refractivity contribution >= 4 is 35.3 Å². The van der Waals surface area contributed by atoms with Gasteiger partial charge in [-0.3, -0.25) is 0 Å². The van der Waals surface area contributed by atoms with Crippen LogP contribution in [0.4, 0.5) is 35.9 Å². The van der Waals surface area contributed by atoms with Crippen molar-refractivity contribution in [2.75, 3.05) is 13.1 Å². The molecule has 4 rings (SSSR count). The number of nitrogens with one attached hydrogen (secondary N) is 2. The SMILES string of the molecule is CC(C)(C)OC(=O)N1CC[C@@H](NC(=O)NC2(c3cc(C(F)(F)F)cc(C(F)(F)F)c3)CC2)[C@H](c2ccc(Cl)c(Cl)c2)C1. The minimum atomic E-state index is -5.01. The van der Waals surface area contributed by atoms with Crippen LogP contribution < -0.4 is 10.6 Å². The van der Waals surface area contributed by atoms with E-state index in [1.165, 1.54) is 4.90 Å². The first-order valence-electron chi connectivity index (χ1n) is 13.1. The zero-order chi connectivity index (χ0) is 31.3. The lowest BCUT2D eigenvalue weighted by Gasteiger charge is -2.40. The topological polar surface area (TPSA) is 70.7 Å². The standard InChI is InChI=1S/C28H29Cl2F6N3O3/c1-25(2,3)42-24(41)39-9-6-22(19(14-39)15-4-5-20(29)21(30)10-15)37-23(40)38-26(7-8-26)16-11-17(27(31,32)33)13-18(12-16)28(34,35)36/h4-5,10-13,19,22H,6-9,14H2,1-3H3,(H2,37,38,40)/t19-,22+/m0/s1. The first-order valence-corrected chi connectivity index (χ1v) is 13.8. The molecule has 1 heterocycles. The number of hydrogen-bond donors (Lipinski definition) is 2. The average molecular weight is 640 g/mol. The monoisotopic (exact) mass is 639 g/mol. The molecule has 0 radical (unpaired) electrons. The van der Waals surface area contributed by atoms with Crippen LogP contribution in [0.3, 0.4) is 0 Å². The van der Waals surface area contributed by atoms with Gasteiger partial charge in [0.05, 0.1) is 26.7 Å². The van der Waals surface area contributed by atoms with E-state index in [-0.39, 0.29) is 49.0 Å². The third-order valence-electron chi connectivity index (χ3n) is 7.20. The van der Waals surface area contributed by atoms with Crippen LogP contribution >= 0.6 is 23.2 Å². The van der Waals surface area contributed by atoms with Crippen molar-refractivity contribution in [3.05, 3.63) is 68.7 Å². The highest BCUT2D eigenvalue weighted by atomic mass is 35.5. The molecular weight excluding hydrogens is 611 g/mol. The number of piperidine rings is 1. The van der Waals surface area contributed by atoms with Gasteiger partial charge < -0.3 is 20.3 Å². The van der Waals surface area contributed by atoms with Crippen LogP contribution in [0, 0.1) is 0 Å². The second-order valence-electron chi connectivity index (χ2n) is 11.6. The lowest BCUT2D eigenvalue weighted by atomic mass is 9.86. The third kappa shape index (κ3) is 7.55. The summed E-state index contributed by atoms with van der Waals surface area (Å²) in [4.78, 5) is 27.5. The number of carbonyl (C=O) groups excluding carboxylic acids is 2. The molecule has 3 amide bonds. The van der Waals surface area contributed by atoms with Gasteiger partial charge in [-0.25, -0.2) is 9.59 Å². The van der Waals surface area contributed by atoms with Crippen molar-refractivity contribution in [2.24, 2.45) is 0 Å². The highest BCUT2D eigenvalue weighted by molar-refractivity contribution is 6.42. The van der Waals surface area contributed by atoms with E-state index in [2.05, 4.69) is 10.6 Å². The largest absolute Gasteiger partial charge is 0.444 e. The summed E-state index contributed by atoms with van der Waals surface area (Å²) in [6.45, 7) is 5.57. The molecule has 14 heteroatoms. The van der Waals surface area contributed by atoms with Crippen LogP contribution in [0.25, 0.3) is 0 Å². The Labute approximate surface area is 248 Å². The predicted octanol–water partition coefficient (Wildman–Crippen LogP) is 8.11. The van der Waals surface area contributed by atoms with Crippen LogP contribution in [0.2, 0.25) is 10.0 Å². The van der Waals surface area contributed by atoms with Crippen LogP contribution in [-0.4, -0.2) is 41.8 Å². The lowest BCUT2D eigenvalue weighted by molar-refractivity contribution is -0.143. The molecule has 2 aliphatic rings. The Bertz CT molecular complexity index is 1320. The summed E-state index contributed by atoms with van der Waals surface area (Å²) in [7, 11) is 0. The summed E-state index contributed by atoms with van der Waals surface area (Å²) in [5.74, 6) is -0.479. The normalized spacial score (nSPS) is 20.6. The Kier molecular flexibility index (Phi) is 8.65. The molecule has 0 unspecified atom stereocenters. The number of amides is 3. The number of urea groups is 1. The van der Waals surface area contributed by atoms with Crippen molar-refractivity contribution in [1.29, 1.82) is 0 Å². The molecule has 42 heavy (non-hydrogen) atoms. The summed E-state index contributed by atoms with van der Waals surface area (Å²) in [5.41, 5.74) is -4.64. The Hall–Kier alpha value is -2.86.